The summed E-state index contributed by atoms with van der Waals surface area (Å²) in [5, 5.41) is 16.4. The van der Waals surface area contributed by atoms with Gasteiger partial charge in [-0.3, -0.25) is 9.59 Å². The fraction of sp³-hybridized carbons (Fsp3) is 0.609. The molecule has 176 valence electrons. The molecule has 3 rings (SSSR count). The minimum Gasteiger partial charge on any atom is -0.445 e. The Morgan fingerprint density at radius 3 is 2.72 bits per heavy atom. The van der Waals surface area contributed by atoms with Crippen LogP contribution in [0.3, 0.4) is 0 Å². The number of aliphatic hydroxyl groups is 1. The van der Waals surface area contributed by atoms with Gasteiger partial charge in [0.15, 0.2) is 0 Å². The van der Waals surface area contributed by atoms with Crippen LogP contribution in [-0.2, 0) is 20.9 Å². The molecule has 1 aliphatic heterocycles. The van der Waals surface area contributed by atoms with Crippen molar-refractivity contribution in [3.63, 3.8) is 0 Å². The van der Waals surface area contributed by atoms with Gasteiger partial charge < -0.3 is 25.4 Å². The predicted molar refractivity (Wildman–Crippen MR) is 120 cm³/mol. The number of likely N-dealkylation sites (tertiary alicyclic amines) is 1. The molecule has 0 radical (unpaired) electrons. The highest BCUT2D eigenvalue weighted by Crippen LogP contribution is 2.27. The van der Waals surface area contributed by atoms with E-state index in [4.69, 9.17) is 16.3 Å². The Labute approximate surface area is 193 Å². The zero-order chi connectivity index (χ0) is 23.1. The van der Waals surface area contributed by atoms with Gasteiger partial charge in [0.1, 0.15) is 18.9 Å². The lowest BCUT2D eigenvalue weighted by Gasteiger charge is -2.36. The van der Waals surface area contributed by atoms with Crippen LogP contribution in [0.4, 0.5) is 4.79 Å². The number of aliphatic hydroxyl groups excluding tert-OH is 1. The second kappa shape index (κ2) is 11.5. The summed E-state index contributed by atoms with van der Waals surface area (Å²) in [6.45, 7) is 0.0401. The van der Waals surface area contributed by atoms with Crippen molar-refractivity contribution < 1.29 is 24.2 Å². The molecular weight excluding hydrogens is 434 g/mol. The highest BCUT2D eigenvalue weighted by molar-refractivity contribution is 6.30. The maximum absolute atomic E-state index is 13.1. The molecule has 2 aliphatic rings. The number of hydrogen-bond donors (Lipinski definition) is 3. The van der Waals surface area contributed by atoms with Gasteiger partial charge in [-0.25, -0.2) is 4.79 Å². The first-order chi connectivity index (χ1) is 15.3. The lowest BCUT2D eigenvalue weighted by molar-refractivity contribution is -0.148. The van der Waals surface area contributed by atoms with E-state index in [9.17, 15) is 19.5 Å². The third-order valence-corrected chi connectivity index (χ3v) is 6.54. The van der Waals surface area contributed by atoms with Gasteiger partial charge in [0.05, 0.1) is 6.04 Å². The van der Waals surface area contributed by atoms with E-state index in [1.165, 1.54) is 18.4 Å². The number of benzene rings is 1. The number of carbonyl (C=O) groups excluding carboxylic acids is 3. The molecule has 32 heavy (non-hydrogen) atoms. The Bertz CT molecular complexity index is 815. The average Bonchev–Trinajstić information content (AvgIpc) is 2.78. The summed E-state index contributed by atoms with van der Waals surface area (Å²) >= 11 is 5.96. The van der Waals surface area contributed by atoms with Crippen LogP contribution in [0.2, 0.25) is 5.02 Å². The van der Waals surface area contributed by atoms with E-state index in [1.807, 2.05) is 0 Å². The molecule has 1 saturated carbocycles. The third kappa shape index (κ3) is 6.84. The summed E-state index contributed by atoms with van der Waals surface area (Å²) in [6, 6.07) is 5.66. The van der Waals surface area contributed by atoms with Crippen molar-refractivity contribution in [3.8, 4) is 0 Å². The molecule has 1 aliphatic carbocycles. The Morgan fingerprint density at radius 2 is 2.00 bits per heavy atom. The number of piperidine rings is 1. The monoisotopic (exact) mass is 465 g/mol. The summed E-state index contributed by atoms with van der Waals surface area (Å²) in [5.41, 5.74) is 0.749. The van der Waals surface area contributed by atoms with Crippen LogP contribution >= 0.6 is 11.6 Å². The van der Waals surface area contributed by atoms with Gasteiger partial charge in [-0.15, -0.1) is 0 Å². The standard InChI is InChI=1S/C23H32ClN3O5/c1-27-20(28)11-10-18(22(27)30)25-21(29)19(13-15-6-3-2-4-7-15)26-23(31)32-14-16-8-5-9-17(24)12-16/h5,8-9,12,15,18-19,22,30H,2-4,6-7,10-11,13-14H2,1H3,(H,25,29)(H,26,31)/t18?,19-,22?/m0/s1. The molecule has 1 saturated heterocycles. The quantitative estimate of drug-likeness (QED) is 0.573. The van der Waals surface area contributed by atoms with Crippen molar-refractivity contribution in [2.24, 2.45) is 5.92 Å². The van der Waals surface area contributed by atoms with E-state index < -0.39 is 24.4 Å². The molecule has 0 bridgehead atoms. The fourth-order valence-corrected chi connectivity index (χ4v) is 4.61. The van der Waals surface area contributed by atoms with Gasteiger partial charge in [0.25, 0.3) is 0 Å². The molecule has 1 aromatic rings. The van der Waals surface area contributed by atoms with E-state index in [2.05, 4.69) is 10.6 Å². The zero-order valence-corrected chi connectivity index (χ0v) is 19.1. The maximum atomic E-state index is 13.1. The zero-order valence-electron chi connectivity index (χ0n) is 18.4. The van der Waals surface area contributed by atoms with Crippen molar-refractivity contribution >= 4 is 29.5 Å². The number of halogens is 1. The average molecular weight is 466 g/mol. The number of hydrogen-bond acceptors (Lipinski definition) is 5. The molecule has 8 nitrogen and oxygen atoms in total. The van der Waals surface area contributed by atoms with E-state index in [0.29, 0.717) is 23.8 Å². The second-order valence-corrected chi connectivity index (χ2v) is 9.15. The van der Waals surface area contributed by atoms with Crippen molar-refractivity contribution in [2.75, 3.05) is 7.05 Å². The van der Waals surface area contributed by atoms with E-state index >= 15 is 0 Å². The molecule has 1 aromatic carbocycles. The van der Waals surface area contributed by atoms with Gasteiger partial charge in [0, 0.05) is 18.5 Å². The van der Waals surface area contributed by atoms with E-state index in [0.717, 1.165) is 31.2 Å². The van der Waals surface area contributed by atoms with Crippen LogP contribution in [0, 0.1) is 5.92 Å². The molecule has 0 aromatic heterocycles. The van der Waals surface area contributed by atoms with Crippen molar-refractivity contribution in [1.82, 2.24) is 15.5 Å². The molecule has 2 fully saturated rings. The highest BCUT2D eigenvalue weighted by atomic mass is 35.5. The summed E-state index contributed by atoms with van der Waals surface area (Å²) in [4.78, 5) is 38.5. The number of rotatable bonds is 7. The number of ether oxygens (including phenoxy) is 1. The minimum absolute atomic E-state index is 0.0401. The smallest absolute Gasteiger partial charge is 0.408 e. The molecular formula is C23H32ClN3O5. The number of alkyl carbamates (subject to hydrolysis) is 1. The van der Waals surface area contributed by atoms with Crippen LogP contribution in [0.25, 0.3) is 0 Å². The number of amides is 3. The van der Waals surface area contributed by atoms with Crippen LogP contribution < -0.4 is 10.6 Å². The van der Waals surface area contributed by atoms with Gasteiger partial charge >= 0.3 is 6.09 Å². The number of carbonyl (C=O) groups is 3. The van der Waals surface area contributed by atoms with Crippen LogP contribution in [0.15, 0.2) is 24.3 Å². The fourth-order valence-electron chi connectivity index (χ4n) is 4.40. The second-order valence-electron chi connectivity index (χ2n) is 8.71. The lowest BCUT2D eigenvalue weighted by atomic mass is 9.84. The van der Waals surface area contributed by atoms with Gasteiger partial charge in [0.2, 0.25) is 11.8 Å². The predicted octanol–water partition coefficient (Wildman–Crippen LogP) is 2.96. The minimum atomic E-state index is -1.09. The molecule has 2 unspecified atom stereocenters. The van der Waals surface area contributed by atoms with Gasteiger partial charge in [-0.2, -0.15) is 0 Å². The van der Waals surface area contributed by atoms with Crippen LogP contribution in [-0.4, -0.2) is 53.3 Å². The largest absolute Gasteiger partial charge is 0.445 e. The summed E-state index contributed by atoms with van der Waals surface area (Å²) < 4.78 is 5.30. The van der Waals surface area contributed by atoms with Gasteiger partial charge in [-0.1, -0.05) is 55.8 Å². The molecule has 1 heterocycles. The SMILES string of the molecule is CN1C(=O)CCC(NC(=O)[C@H](CC2CCCCC2)NC(=O)OCc2cccc(Cl)c2)C1O. The molecule has 3 atom stereocenters. The normalized spacial score (nSPS) is 22.8. The number of likely N-dealkylation sites (N-methyl/N-ethyl adjacent to an activating group) is 1. The van der Waals surface area contributed by atoms with Crippen LogP contribution in [0.1, 0.15) is 56.9 Å². The Kier molecular flexibility index (Phi) is 8.75. The van der Waals surface area contributed by atoms with Crippen LogP contribution in [0.5, 0.6) is 0 Å². The Hall–Kier alpha value is -2.32. The topological polar surface area (TPSA) is 108 Å². The van der Waals surface area contributed by atoms with Crippen molar-refractivity contribution in [2.45, 2.75) is 76.3 Å². The highest BCUT2D eigenvalue weighted by Gasteiger charge is 2.35. The first kappa shape index (κ1) is 24.3. The maximum Gasteiger partial charge on any atom is 0.408 e. The Morgan fingerprint density at radius 1 is 1.25 bits per heavy atom. The molecule has 3 amide bonds. The molecule has 3 N–H and O–H groups in total. The lowest BCUT2D eigenvalue weighted by Crippen LogP contribution is -2.59. The number of nitrogens with one attached hydrogen (secondary N) is 2. The van der Waals surface area contributed by atoms with E-state index in [-0.39, 0.29) is 24.8 Å². The first-order valence-electron chi connectivity index (χ1n) is 11.3. The number of nitrogens with zero attached hydrogens (tertiary/aromatic N) is 1. The third-order valence-electron chi connectivity index (χ3n) is 6.31. The Balaban J connectivity index is 1.60. The van der Waals surface area contributed by atoms with Gasteiger partial charge in [-0.05, 0) is 36.5 Å². The van der Waals surface area contributed by atoms with Crippen molar-refractivity contribution in [1.29, 1.82) is 0 Å². The van der Waals surface area contributed by atoms with E-state index in [1.54, 1.807) is 24.3 Å². The summed E-state index contributed by atoms with van der Waals surface area (Å²) in [5.74, 6) is -0.195. The molecule has 9 heteroatoms. The summed E-state index contributed by atoms with van der Waals surface area (Å²) in [6.07, 6.45) is 4.80. The summed E-state index contributed by atoms with van der Waals surface area (Å²) in [7, 11) is 1.51. The first-order valence-corrected chi connectivity index (χ1v) is 11.6. The van der Waals surface area contributed by atoms with Crippen molar-refractivity contribution in [3.05, 3.63) is 34.9 Å². The molecule has 0 spiro atoms.